The Morgan fingerprint density at radius 2 is 2.12 bits per heavy atom. The minimum Gasteiger partial charge on any atom is -0.361 e. The van der Waals surface area contributed by atoms with Gasteiger partial charge >= 0.3 is 0 Å². The van der Waals surface area contributed by atoms with Crippen LogP contribution in [0.15, 0.2) is 28.8 Å². The predicted molar refractivity (Wildman–Crippen MR) is 98.2 cm³/mol. The molecule has 1 saturated heterocycles. The van der Waals surface area contributed by atoms with Crippen molar-refractivity contribution in [3.63, 3.8) is 0 Å². The van der Waals surface area contributed by atoms with Gasteiger partial charge in [0.15, 0.2) is 0 Å². The molecule has 0 spiro atoms. The van der Waals surface area contributed by atoms with Gasteiger partial charge in [0.2, 0.25) is 5.91 Å². The van der Waals surface area contributed by atoms with E-state index in [2.05, 4.69) is 10.5 Å². The summed E-state index contributed by atoms with van der Waals surface area (Å²) in [6.07, 6.45) is 1.52. The van der Waals surface area contributed by atoms with E-state index in [0.29, 0.717) is 46.7 Å². The second-order valence-corrected chi connectivity index (χ2v) is 7.18. The number of hydrogen-bond donors (Lipinski definition) is 1. The van der Waals surface area contributed by atoms with Crippen molar-refractivity contribution in [3.05, 3.63) is 51.3 Å². The minimum atomic E-state index is -0.247. The van der Waals surface area contributed by atoms with Gasteiger partial charge in [0.25, 0.3) is 5.91 Å². The number of piperidine rings is 1. The van der Waals surface area contributed by atoms with Gasteiger partial charge in [0, 0.05) is 24.7 Å². The second-order valence-electron chi connectivity index (χ2n) is 6.37. The van der Waals surface area contributed by atoms with Crippen LogP contribution in [-0.2, 0) is 11.3 Å². The largest absolute Gasteiger partial charge is 0.361 e. The molecule has 0 saturated carbocycles. The first-order valence-corrected chi connectivity index (χ1v) is 9.14. The van der Waals surface area contributed by atoms with Crippen LogP contribution in [0.25, 0.3) is 0 Å². The highest BCUT2D eigenvalue weighted by Crippen LogP contribution is 2.25. The van der Waals surface area contributed by atoms with Crippen LogP contribution in [0.4, 0.5) is 0 Å². The van der Waals surface area contributed by atoms with Gasteiger partial charge in [-0.15, -0.1) is 0 Å². The first-order valence-electron chi connectivity index (χ1n) is 8.38. The van der Waals surface area contributed by atoms with Crippen molar-refractivity contribution >= 4 is 35.0 Å². The summed E-state index contributed by atoms with van der Waals surface area (Å²) in [7, 11) is 0. The van der Waals surface area contributed by atoms with Gasteiger partial charge in [0.1, 0.15) is 11.5 Å². The third-order valence-corrected chi connectivity index (χ3v) is 5.11. The number of aryl methyl sites for hydroxylation is 1. The first kappa shape index (κ1) is 18.7. The quantitative estimate of drug-likeness (QED) is 0.859. The van der Waals surface area contributed by atoms with Crippen molar-refractivity contribution in [1.82, 2.24) is 15.4 Å². The lowest BCUT2D eigenvalue weighted by atomic mass is 9.96. The van der Waals surface area contributed by atoms with Crippen LogP contribution < -0.4 is 5.32 Å². The van der Waals surface area contributed by atoms with E-state index >= 15 is 0 Å². The number of amides is 2. The highest BCUT2D eigenvalue weighted by Gasteiger charge is 2.29. The van der Waals surface area contributed by atoms with Gasteiger partial charge in [-0.3, -0.25) is 9.59 Å². The zero-order valence-corrected chi connectivity index (χ0v) is 15.8. The maximum absolute atomic E-state index is 12.7. The number of carbonyl (C=O) groups excluding carboxylic acids is 2. The fourth-order valence-electron chi connectivity index (χ4n) is 3.01. The van der Waals surface area contributed by atoms with E-state index in [9.17, 15) is 9.59 Å². The summed E-state index contributed by atoms with van der Waals surface area (Å²) in [5, 5.41) is 7.46. The monoisotopic (exact) mass is 395 g/mol. The third-order valence-electron chi connectivity index (χ3n) is 4.37. The molecule has 2 aromatic rings. The van der Waals surface area contributed by atoms with E-state index in [1.54, 1.807) is 36.1 Å². The molecule has 2 heterocycles. The summed E-state index contributed by atoms with van der Waals surface area (Å²) in [5.41, 5.74) is 1.15. The topological polar surface area (TPSA) is 75.4 Å². The Morgan fingerprint density at radius 3 is 2.81 bits per heavy atom. The molecule has 3 rings (SSSR count). The third kappa shape index (κ3) is 4.37. The predicted octanol–water partition coefficient (Wildman–Crippen LogP) is 3.46. The molecule has 1 aromatic carbocycles. The highest BCUT2D eigenvalue weighted by molar-refractivity contribution is 6.42. The van der Waals surface area contributed by atoms with E-state index in [-0.39, 0.29) is 17.7 Å². The van der Waals surface area contributed by atoms with Crippen LogP contribution >= 0.6 is 23.2 Å². The molecule has 26 heavy (non-hydrogen) atoms. The molecule has 1 aliphatic rings. The smallest absolute Gasteiger partial charge is 0.253 e. The highest BCUT2D eigenvalue weighted by atomic mass is 35.5. The first-order chi connectivity index (χ1) is 12.4. The van der Waals surface area contributed by atoms with Gasteiger partial charge < -0.3 is 14.7 Å². The van der Waals surface area contributed by atoms with Crippen molar-refractivity contribution in [2.45, 2.75) is 26.3 Å². The molecule has 0 radical (unpaired) electrons. The molecule has 1 atom stereocenters. The van der Waals surface area contributed by atoms with Crippen LogP contribution in [0.1, 0.15) is 34.7 Å². The molecular weight excluding hydrogens is 377 g/mol. The Morgan fingerprint density at radius 1 is 1.31 bits per heavy atom. The van der Waals surface area contributed by atoms with E-state index in [1.807, 2.05) is 0 Å². The molecule has 0 bridgehead atoms. The van der Waals surface area contributed by atoms with Crippen molar-refractivity contribution in [2.75, 3.05) is 13.1 Å². The molecular formula is C18H19Cl2N3O3. The van der Waals surface area contributed by atoms with Crippen LogP contribution in [-0.4, -0.2) is 35.0 Å². The zero-order chi connectivity index (χ0) is 18.7. The summed E-state index contributed by atoms with van der Waals surface area (Å²) < 4.78 is 4.98. The molecule has 1 unspecified atom stereocenters. The molecule has 6 nitrogen and oxygen atoms in total. The van der Waals surface area contributed by atoms with Crippen LogP contribution in [0.3, 0.4) is 0 Å². The minimum absolute atomic E-state index is 0.0858. The summed E-state index contributed by atoms with van der Waals surface area (Å²) in [6, 6.07) is 6.59. The average molecular weight is 396 g/mol. The van der Waals surface area contributed by atoms with Gasteiger partial charge in [-0.05, 0) is 38.0 Å². The molecule has 8 heteroatoms. The molecule has 138 valence electrons. The van der Waals surface area contributed by atoms with Crippen LogP contribution in [0, 0.1) is 12.8 Å². The normalized spacial score (nSPS) is 17.2. The van der Waals surface area contributed by atoms with Gasteiger partial charge in [-0.1, -0.05) is 28.4 Å². The molecule has 1 aromatic heterocycles. The number of nitrogens with zero attached hydrogens (tertiary/aromatic N) is 2. The lowest BCUT2D eigenvalue weighted by Gasteiger charge is -2.32. The second kappa shape index (κ2) is 8.10. The molecule has 0 aliphatic carbocycles. The number of nitrogens with one attached hydrogen (secondary N) is 1. The Hall–Kier alpha value is -2.05. The van der Waals surface area contributed by atoms with E-state index in [0.717, 1.165) is 12.8 Å². The van der Waals surface area contributed by atoms with Crippen LogP contribution in [0.2, 0.25) is 10.0 Å². The molecule has 1 fully saturated rings. The number of aromatic nitrogens is 1. The maximum Gasteiger partial charge on any atom is 0.253 e. The van der Waals surface area contributed by atoms with E-state index < -0.39 is 0 Å². The number of likely N-dealkylation sites (tertiary alicyclic amines) is 1. The SMILES string of the molecule is Cc1cc(CNC(=O)C2CCCN(C(=O)c3ccc(Cl)c(Cl)c3)C2)no1. The summed E-state index contributed by atoms with van der Waals surface area (Å²) in [5.74, 6) is 0.222. The number of halogens is 2. The molecule has 2 amide bonds. The van der Waals surface area contributed by atoms with Gasteiger partial charge in [-0.2, -0.15) is 0 Å². The Balaban J connectivity index is 1.60. The fourth-order valence-corrected chi connectivity index (χ4v) is 3.31. The number of hydrogen-bond acceptors (Lipinski definition) is 4. The molecule has 1 aliphatic heterocycles. The van der Waals surface area contributed by atoms with Crippen molar-refractivity contribution in [3.8, 4) is 0 Å². The maximum atomic E-state index is 12.7. The average Bonchev–Trinajstić information content (AvgIpc) is 3.07. The van der Waals surface area contributed by atoms with Gasteiger partial charge in [0.05, 0.1) is 22.5 Å². The Bertz CT molecular complexity index is 822. The molecule has 1 N–H and O–H groups in total. The zero-order valence-electron chi connectivity index (χ0n) is 14.3. The summed E-state index contributed by atoms with van der Waals surface area (Å²) in [6.45, 7) is 3.10. The van der Waals surface area contributed by atoms with Crippen LogP contribution in [0.5, 0.6) is 0 Å². The summed E-state index contributed by atoms with van der Waals surface area (Å²) >= 11 is 11.9. The van der Waals surface area contributed by atoms with Crippen molar-refractivity contribution < 1.29 is 14.1 Å². The lowest BCUT2D eigenvalue weighted by molar-refractivity contribution is -0.126. The number of carbonyl (C=O) groups is 2. The standard InChI is InChI=1S/C18H19Cl2N3O3/c1-11-7-14(22-26-11)9-21-17(24)13-3-2-6-23(10-13)18(25)12-4-5-15(19)16(20)8-12/h4-5,7-8,13H,2-3,6,9-10H2,1H3,(H,21,24). The fraction of sp³-hybridized carbons (Fsp3) is 0.389. The van der Waals surface area contributed by atoms with Gasteiger partial charge in [-0.25, -0.2) is 0 Å². The lowest BCUT2D eigenvalue weighted by Crippen LogP contribution is -2.45. The Kier molecular flexibility index (Phi) is 5.84. The Labute approximate surface area is 161 Å². The van der Waals surface area contributed by atoms with Crippen molar-refractivity contribution in [1.29, 1.82) is 0 Å². The van der Waals surface area contributed by atoms with E-state index in [4.69, 9.17) is 27.7 Å². The van der Waals surface area contributed by atoms with E-state index in [1.165, 1.54) is 0 Å². The number of rotatable bonds is 4. The van der Waals surface area contributed by atoms with Crippen molar-refractivity contribution in [2.24, 2.45) is 5.92 Å². The summed E-state index contributed by atoms with van der Waals surface area (Å²) in [4.78, 5) is 26.8. The number of benzene rings is 1.